The Kier molecular flexibility index (Phi) is 5.02. The number of aromatic nitrogens is 2. The van der Waals surface area contributed by atoms with E-state index >= 15 is 0 Å². The first-order valence-corrected chi connectivity index (χ1v) is 11.0. The topological polar surface area (TPSA) is 57.9 Å². The summed E-state index contributed by atoms with van der Waals surface area (Å²) in [6.45, 7) is 3.28. The molecule has 1 aliphatic heterocycles. The zero-order valence-corrected chi connectivity index (χ0v) is 17.7. The first-order valence-electron chi connectivity index (χ1n) is 9.76. The van der Waals surface area contributed by atoms with Crippen LogP contribution in [0.5, 0.6) is 0 Å². The van der Waals surface area contributed by atoms with E-state index < -0.39 is 0 Å². The number of fused-ring (bicyclic) bond motifs is 2. The minimum Gasteiger partial charge on any atom is -0.335 e. The fraction of sp³-hybridized carbons (Fsp3) is 0.227. The largest absolute Gasteiger partial charge is 0.335 e. The Hall–Kier alpha value is -2.74. The molecule has 0 bridgehead atoms. The fourth-order valence-electron chi connectivity index (χ4n) is 3.82. The molecule has 0 aliphatic carbocycles. The summed E-state index contributed by atoms with van der Waals surface area (Å²) in [6, 6.07) is 14.9. The number of hydrogen-bond donors (Lipinski definition) is 0. The van der Waals surface area contributed by atoms with Crippen molar-refractivity contribution in [2.75, 3.05) is 26.2 Å². The second-order valence-corrected chi connectivity index (χ2v) is 8.75. The summed E-state index contributed by atoms with van der Waals surface area (Å²) in [5.41, 5.74) is 1.32. The summed E-state index contributed by atoms with van der Waals surface area (Å²) in [7, 11) is 0. The van der Waals surface area contributed by atoms with Crippen molar-refractivity contribution in [3.05, 3.63) is 80.7 Å². The fourth-order valence-corrected chi connectivity index (χ4v) is 5.30. The molecule has 8 heteroatoms. The van der Waals surface area contributed by atoms with Gasteiger partial charge in [-0.1, -0.05) is 35.9 Å². The molecule has 4 heterocycles. The van der Waals surface area contributed by atoms with Crippen molar-refractivity contribution < 1.29 is 4.79 Å². The standard InChI is InChI=1S/C22H19ClN4O2S/c23-20-16-5-1-2-6-17(16)30-21(20)22(29)26-11-9-25(10-12-26)14-15-13-19(28)27-8-4-3-7-18(27)24-15/h1-8,13H,9-12,14H2. The van der Waals surface area contributed by atoms with Gasteiger partial charge in [-0.3, -0.25) is 18.9 Å². The monoisotopic (exact) mass is 438 g/mol. The number of piperazine rings is 1. The summed E-state index contributed by atoms with van der Waals surface area (Å²) < 4.78 is 2.56. The van der Waals surface area contributed by atoms with Gasteiger partial charge in [0.1, 0.15) is 10.5 Å². The van der Waals surface area contributed by atoms with E-state index in [2.05, 4.69) is 9.88 Å². The number of halogens is 1. The third-order valence-corrected chi connectivity index (χ3v) is 7.06. The van der Waals surface area contributed by atoms with Gasteiger partial charge < -0.3 is 4.90 Å². The molecular weight excluding hydrogens is 420 g/mol. The predicted octanol–water partition coefficient (Wildman–Crippen LogP) is 3.52. The van der Waals surface area contributed by atoms with Crippen LogP contribution in [-0.4, -0.2) is 51.3 Å². The number of thiophene rings is 1. The first kappa shape index (κ1) is 19.2. The Bertz CT molecular complexity index is 1310. The van der Waals surface area contributed by atoms with E-state index in [1.54, 1.807) is 12.3 Å². The molecule has 1 aromatic carbocycles. The maximum Gasteiger partial charge on any atom is 0.265 e. The van der Waals surface area contributed by atoms with Crippen molar-refractivity contribution in [3.63, 3.8) is 0 Å². The highest BCUT2D eigenvalue weighted by atomic mass is 35.5. The number of amides is 1. The number of nitrogens with zero attached hydrogens (tertiary/aromatic N) is 4. The van der Waals surface area contributed by atoms with Crippen molar-refractivity contribution in [1.82, 2.24) is 19.2 Å². The average molecular weight is 439 g/mol. The molecule has 0 radical (unpaired) electrons. The number of hydrogen-bond acceptors (Lipinski definition) is 5. The molecule has 0 spiro atoms. The molecule has 0 unspecified atom stereocenters. The highest BCUT2D eigenvalue weighted by molar-refractivity contribution is 7.21. The van der Waals surface area contributed by atoms with Crippen LogP contribution in [0, 0.1) is 0 Å². The Labute approximate surface area is 181 Å². The van der Waals surface area contributed by atoms with Crippen molar-refractivity contribution in [2.45, 2.75) is 6.54 Å². The molecule has 1 amide bonds. The zero-order chi connectivity index (χ0) is 20.7. The summed E-state index contributed by atoms with van der Waals surface area (Å²) in [4.78, 5) is 34.6. The molecule has 0 atom stereocenters. The van der Waals surface area contributed by atoms with Crippen LogP contribution in [0.15, 0.2) is 59.5 Å². The third kappa shape index (κ3) is 3.49. The number of pyridine rings is 1. The lowest BCUT2D eigenvalue weighted by Gasteiger charge is -2.34. The molecule has 6 nitrogen and oxygen atoms in total. The van der Waals surface area contributed by atoms with Crippen LogP contribution >= 0.6 is 22.9 Å². The van der Waals surface area contributed by atoms with E-state index in [1.165, 1.54) is 15.7 Å². The number of carbonyl (C=O) groups is 1. The number of carbonyl (C=O) groups excluding carboxylic acids is 1. The summed E-state index contributed by atoms with van der Waals surface area (Å²) >= 11 is 7.93. The number of rotatable bonds is 3. The molecule has 4 aromatic rings. The molecule has 152 valence electrons. The van der Waals surface area contributed by atoms with Gasteiger partial charge >= 0.3 is 0 Å². The van der Waals surface area contributed by atoms with Crippen LogP contribution in [0.3, 0.4) is 0 Å². The zero-order valence-electron chi connectivity index (χ0n) is 16.1. The van der Waals surface area contributed by atoms with Gasteiger partial charge in [0.05, 0.1) is 10.7 Å². The molecule has 0 saturated carbocycles. The van der Waals surface area contributed by atoms with E-state index in [1.807, 2.05) is 47.4 Å². The van der Waals surface area contributed by atoms with Crippen LogP contribution in [-0.2, 0) is 6.54 Å². The van der Waals surface area contributed by atoms with Gasteiger partial charge in [0.2, 0.25) is 0 Å². The quantitative estimate of drug-likeness (QED) is 0.491. The highest BCUT2D eigenvalue weighted by Crippen LogP contribution is 2.36. The molecule has 30 heavy (non-hydrogen) atoms. The van der Waals surface area contributed by atoms with E-state index in [4.69, 9.17) is 11.6 Å². The van der Waals surface area contributed by atoms with Crippen LogP contribution in [0.4, 0.5) is 0 Å². The van der Waals surface area contributed by atoms with E-state index in [0.717, 1.165) is 28.9 Å². The molecule has 1 fully saturated rings. The Balaban J connectivity index is 1.28. The van der Waals surface area contributed by atoms with Gasteiger partial charge in [0.15, 0.2) is 0 Å². The molecule has 5 rings (SSSR count). The van der Waals surface area contributed by atoms with Gasteiger partial charge in [0.25, 0.3) is 11.5 Å². The van der Waals surface area contributed by atoms with Crippen LogP contribution in [0.2, 0.25) is 5.02 Å². The smallest absolute Gasteiger partial charge is 0.265 e. The van der Waals surface area contributed by atoms with Crippen molar-refractivity contribution in [1.29, 1.82) is 0 Å². The van der Waals surface area contributed by atoms with Crippen LogP contribution in [0.25, 0.3) is 15.7 Å². The SMILES string of the molecule is O=C(c1sc2ccccc2c1Cl)N1CCN(Cc2cc(=O)n3ccccc3n2)CC1. The molecular formula is C22H19ClN4O2S. The van der Waals surface area contributed by atoms with Gasteiger partial charge in [-0.2, -0.15) is 0 Å². The second-order valence-electron chi connectivity index (χ2n) is 7.32. The third-order valence-electron chi connectivity index (χ3n) is 5.40. The minimum absolute atomic E-state index is 0.0112. The van der Waals surface area contributed by atoms with E-state index in [9.17, 15) is 9.59 Å². The van der Waals surface area contributed by atoms with E-state index in [0.29, 0.717) is 35.2 Å². The van der Waals surface area contributed by atoms with Crippen molar-refractivity contribution >= 4 is 44.6 Å². The summed E-state index contributed by atoms with van der Waals surface area (Å²) in [5.74, 6) is -0.0112. The highest BCUT2D eigenvalue weighted by Gasteiger charge is 2.26. The van der Waals surface area contributed by atoms with Gasteiger partial charge in [-0.25, -0.2) is 4.98 Å². The lowest BCUT2D eigenvalue weighted by Crippen LogP contribution is -2.48. The van der Waals surface area contributed by atoms with Gasteiger partial charge in [0, 0.05) is 55.1 Å². The van der Waals surface area contributed by atoms with Gasteiger partial charge in [-0.05, 0) is 18.2 Å². The lowest BCUT2D eigenvalue weighted by molar-refractivity contribution is 0.0632. The van der Waals surface area contributed by atoms with Gasteiger partial charge in [-0.15, -0.1) is 11.3 Å². The first-order chi connectivity index (χ1) is 14.6. The Morgan fingerprint density at radius 2 is 1.83 bits per heavy atom. The summed E-state index contributed by atoms with van der Waals surface area (Å²) in [6.07, 6.45) is 1.72. The maximum absolute atomic E-state index is 13.0. The summed E-state index contributed by atoms with van der Waals surface area (Å²) in [5, 5.41) is 1.48. The second kappa shape index (κ2) is 7.83. The van der Waals surface area contributed by atoms with Crippen molar-refractivity contribution in [3.8, 4) is 0 Å². The molecule has 1 aliphatic rings. The van der Waals surface area contributed by atoms with Crippen molar-refractivity contribution in [2.24, 2.45) is 0 Å². The van der Waals surface area contributed by atoms with Crippen LogP contribution < -0.4 is 5.56 Å². The molecule has 3 aromatic heterocycles. The number of benzene rings is 1. The average Bonchev–Trinajstić information content (AvgIpc) is 3.11. The molecule has 1 saturated heterocycles. The minimum atomic E-state index is -0.0798. The Morgan fingerprint density at radius 1 is 1.07 bits per heavy atom. The maximum atomic E-state index is 13.0. The molecule has 0 N–H and O–H groups in total. The van der Waals surface area contributed by atoms with E-state index in [-0.39, 0.29) is 11.5 Å². The Morgan fingerprint density at radius 3 is 2.63 bits per heavy atom. The predicted molar refractivity (Wildman–Crippen MR) is 119 cm³/mol. The van der Waals surface area contributed by atoms with Crippen LogP contribution in [0.1, 0.15) is 15.4 Å². The normalized spacial score (nSPS) is 15.2. The lowest BCUT2D eigenvalue weighted by atomic mass is 10.2.